The Morgan fingerprint density at radius 2 is 1.96 bits per heavy atom. The number of nitrogens with zero attached hydrogens (tertiary/aromatic N) is 1. The summed E-state index contributed by atoms with van der Waals surface area (Å²) in [6, 6.07) is 10.8. The quantitative estimate of drug-likeness (QED) is 0.715. The van der Waals surface area contributed by atoms with Crippen LogP contribution in [0.1, 0.15) is 30.0 Å². The van der Waals surface area contributed by atoms with Gasteiger partial charge in [0.15, 0.2) is 0 Å². The van der Waals surface area contributed by atoms with Gasteiger partial charge in [0.2, 0.25) is 0 Å². The maximum absolute atomic E-state index is 11.6. The molecule has 0 aliphatic carbocycles. The van der Waals surface area contributed by atoms with Crippen LogP contribution in [0.5, 0.6) is 11.5 Å². The van der Waals surface area contributed by atoms with Crippen LogP contribution in [-0.2, 0) is 4.79 Å². The van der Waals surface area contributed by atoms with Gasteiger partial charge in [-0.1, -0.05) is 35.3 Å². The maximum atomic E-state index is 11.6. The monoisotopic (exact) mass is 423 g/mol. The Balaban J connectivity index is 2.15. The molecule has 0 aromatic heterocycles. The smallest absolute Gasteiger partial charge is 0.307 e. The van der Waals surface area contributed by atoms with Crippen LogP contribution < -0.4 is 9.47 Å². The summed E-state index contributed by atoms with van der Waals surface area (Å²) in [6.07, 6.45) is 1.45. The number of methoxy groups -OCH3 is 2. The number of piperidine rings is 1. The molecule has 1 fully saturated rings. The topological polar surface area (TPSA) is 59.0 Å². The molecule has 0 spiro atoms. The number of hydrogen-bond donors (Lipinski definition) is 1. The fourth-order valence-corrected chi connectivity index (χ4v) is 4.20. The van der Waals surface area contributed by atoms with E-state index < -0.39 is 11.9 Å². The van der Waals surface area contributed by atoms with Gasteiger partial charge in [-0.3, -0.25) is 9.69 Å². The summed E-state index contributed by atoms with van der Waals surface area (Å²) >= 11 is 12.9. The Morgan fingerprint density at radius 1 is 1.18 bits per heavy atom. The third kappa shape index (κ3) is 4.22. The van der Waals surface area contributed by atoms with Gasteiger partial charge in [0, 0.05) is 12.1 Å². The highest BCUT2D eigenvalue weighted by molar-refractivity contribution is 6.42. The Hall–Kier alpha value is -1.95. The lowest BCUT2D eigenvalue weighted by atomic mass is 9.91. The van der Waals surface area contributed by atoms with Gasteiger partial charge in [0.1, 0.15) is 11.5 Å². The molecule has 0 saturated carbocycles. The van der Waals surface area contributed by atoms with Gasteiger partial charge in [0.25, 0.3) is 0 Å². The van der Waals surface area contributed by atoms with Gasteiger partial charge in [-0.05, 0) is 49.2 Å². The van der Waals surface area contributed by atoms with E-state index in [1.54, 1.807) is 20.3 Å². The van der Waals surface area contributed by atoms with E-state index in [2.05, 4.69) is 4.90 Å². The molecule has 1 saturated heterocycles. The molecule has 1 aliphatic heterocycles. The molecular weight excluding hydrogens is 401 g/mol. The van der Waals surface area contributed by atoms with Crippen LogP contribution in [0.2, 0.25) is 10.0 Å². The standard InChI is InChI=1S/C21H23Cl2NO4/c1-27-14-8-9-18(28-2)16(11-14)20(15-6-3-7-17(22)19(15)23)24-10-4-5-13(12-24)21(25)26/h3,6-9,11,13,20H,4-5,10,12H2,1-2H3,(H,25,26). The predicted molar refractivity (Wildman–Crippen MR) is 110 cm³/mol. The van der Waals surface area contributed by atoms with Crippen LogP contribution in [0, 0.1) is 5.92 Å². The predicted octanol–water partition coefficient (Wildman–Crippen LogP) is 4.90. The minimum atomic E-state index is -0.779. The SMILES string of the molecule is COc1ccc(OC)c(C(c2cccc(Cl)c2Cl)N2CCCC(C(=O)O)C2)c1. The van der Waals surface area contributed by atoms with Crippen molar-refractivity contribution in [1.82, 2.24) is 4.90 Å². The first-order valence-corrected chi connectivity index (χ1v) is 9.84. The largest absolute Gasteiger partial charge is 0.497 e. The number of likely N-dealkylation sites (tertiary alicyclic amines) is 1. The number of halogens is 2. The van der Waals surface area contributed by atoms with Crippen LogP contribution in [0.4, 0.5) is 0 Å². The van der Waals surface area contributed by atoms with E-state index in [1.807, 2.05) is 30.3 Å². The van der Waals surface area contributed by atoms with Gasteiger partial charge in [-0.2, -0.15) is 0 Å². The van der Waals surface area contributed by atoms with Crippen molar-refractivity contribution in [2.45, 2.75) is 18.9 Å². The van der Waals surface area contributed by atoms with E-state index in [0.29, 0.717) is 34.5 Å². The average Bonchev–Trinajstić information content (AvgIpc) is 2.71. The van der Waals surface area contributed by atoms with Crippen molar-refractivity contribution in [3.63, 3.8) is 0 Å². The van der Waals surface area contributed by atoms with Gasteiger partial charge >= 0.3 is 5.97 Å². The Bertz CT molecular complexity index is 858. The highest BCUT2D eigenvalue weighted by Crippen LogP contribution is 2.42. The lowest BCUT2D eigenvalue weighted by Gasteiger charge is -2.38. The Kier molecular flexibility index (Phi) is 6.70. The molecule has 28 heavy (non-hydrogen) atoms. The Labute approximate surface area is 174 Å². The minimum Gasteiger partial charge on any atom is -0.497 e. The first-order valence-electron chi connectivity index (χ1n) is 9.09. The average molecular weight is 424 g/mol. The number of carboxylic acid groups (broad SMARTS) is 1. The highest BCUT2D eigenvalue weighted by atomic mass is 35.5. The third-order valence-corrected chi connectivity index (χ3v) is 6.01. The number of rotatable bonds is 6. The van der Waals surface area contributed by atoms with Gasteiger partial charge in [-0.15, -0.1) is 0 Å². The van der Waals surface area contributed by atoms with Crippen LogP contribution in [-0.4, -0.2) is 43.3 Å². The van der Waals surface area contributed by atoms with Gasteiger partial charge in [0.05, 0.1) is 36.2 Å². The second-order valence-electron chi connectivity index (χ2n) is 6.83. The fourth-order valence-electron chi connectivity index (χ4n) is 3.79. The van der Waals surface area contributed by atoms with Crippen LogP contribution in [0.15, 0.2) is 36.4 Å². The zero-order chi connectivity index (χ0) is 20.3. The normalized spacial score (nSPS) is 18.5. The first-order chi connectivity index (χ1) is 13.5. The molecule has 2 aromatic carbocycles. The number of carbonyl (C=O) groups is 1. The number of ether oxygens (including phenoxy) is 2. The summed E-state index contributed by atoms with van der Waals surface area (Å²) in [6.45, 7) is 1.17. The van der Waals surface area contributed by atoms with Crippen molar-refractivity contribution in [3.8, 4) is 11.5 Å². The number of carboxylic acids is 1. The zero-order valence-corrected chi connectivity index (χ0v) is 17.3. The molecule has 1 aliphatic rings. The lowest BCUT2D eigenvalue weighted by molar-refractivity contribution is -0.143. The van der Waals surface area contributed by atoms with Crippen molar-refractivity contribution in [3.05, 3.63) is 57.6 Å². The molecule has 0 amide bonds. The zero-order valence-electron chi connectivity index (χ0n) is 15.8. The van der Waals surface area contributed by atoms with Crippen LogP contribution >= 0.6 is 23.2 Å². The minimum absolute atomic E-state index is 0.307. The van der Waals surface area contributed by atoms with Crippen LogP contribution in [0.3, 0.4) is 0 Å². The van der Waals surface area contributed by atoms with Crippen molar-refractivity contribution in [2.24, 2.45) is 5.92 Å². The van der Waals surface area contributed by atoms with Gasteiger partial charge in [-0.25, -0.2) is 0 Å². The van der Waals surface area contributed by atoms with Crippen molar-refractivity contribution < 1.29 is 19.4 Å². The number of benzene rings is 2. The van der Waals surface area contributed by atoms with E-state index in [9.17, 15) is 9.90 Å². The summed E-state index contributed by atoms with van der Waals surface area (Å²) in [5, 5.41) is 10.5. The molecule has 0 bridgehead atoms. The molecule has 5 nitrogen and oxygen atoms in total. The summed E-state index contributed by atoms with van der Waals surface area (Å²) in [5.41, 5.74) is 1.67. The lowest BCUT2D eigenvalue weighted by Crippen LogP contribution is -2.41. The van der Waals surface area contributed by atoms with Crippen molar-refractivity contribution in [2.75, 3.05) is 27.3 Å². The van der Waals surface area contributed by atoms with Gasteiger partial charge < -0.3 is 14.6 Å². The van der Waals surface area contributed by atoms with E-state index in [0.717, 1.165) is 24.1 Å². The third-order valence-electron chi connectivity index (χ3n) is 5.17. The van der Waals surface area contributed by atoms with E-state index >= 15 is 0 Å². The number of aliphatic carboxylic acids is 1. The van der Waals surface area contributed by atoms with E-state index in [-0.39, 0.29) is 6.04 Å². The molecule has 1 N–H and O–H groups in total. The molecule has 7 heteroatoms. The van der Waals surface area contributed by atoms with E-state index in [4.69, 9.17) is 32.7 Å². The summed E-state index contributed by atoms with van der Waals surface area (Å²) in [5.74, 6) is 0.161. The summed E-state index contributed by atoms with van der Waals surface area (Å²) in [4.78, 5) is 13.8. The van der Waals surface area contributed by atoms with Crippen molar-refractivity contribution in [1.29, 1.82) is 0 Å². The molecule has 150 valence electrons. The summed E-state index contributed by atoms with van der Waals surface area (Å²) < 4.78 is 11.0. The second kappa shape index (κ2) is 9.03. The highest BCUT2D eigenvalue weighted by Gasteiger charge is 2.34. The molecule has 0 radical (unpaired) electrons. The maximum Gasteiger partial charge on any atom is 0.307 e. The second-order valence-corrected chi connectivity index (χ2v) is 7.61. The molecule has 2 unspecified atom stereocenters. The summed E-state index contributed by atoms with van der Waals surface area (Å²) in [7, 11) is 3.21. The fraction of sp³-hybridized carbons (Fsp3) is 0.381. The molecule has 2 aromatic rings. The first kappa shape index (κ1) is 20.8. The van der Waals surface area contributed by atoms with Crippen molar-refractivity contribution >= 4 is 29.2 Å². The number of hydrogen-bond acceptors (Lipinski definition) is 4. The Morgan fingerprint density at radius 3 is 2.64 bits per heavy atom. The molecular formula is C21H23Cl2NO4. The molecule has 1 heterocycles. The molecule has 3 rings (SSSR count). The van der Waals surface area contributed by atoms with E-state index in [1.165, 1.54) is 0 Å². The van der Waals surface area contributed by atoms with Crippen LogP contribution in [0.25, 0.3) is 0 Å². The molecule has 2 atom stereocenters.